The number of carbonyl (C=O) groups excluding carboxylic acids is 3. The van der Waals surface area contributed by atoms with Crippen LogP contribution < -0.4 is 10.9 Å². The number of nitrogens with one attached hydrogen (secondary N) is 2. The smallest absolute Gasteiger partial charge is 0.269 e. The van der Waals surface area contributed by atoms with Gasteiger partial charge in [-0.1, -0.05) is 19.9 Å². The average molecular weight is 441 g/mol. The Bertz CT molecular complexity index is 833. The molecule has 1 aromatic rings. The Morgan fingerprint density at radius 1 is 0.900 bits per heavy atom. The Morgan fingerprint density at radius 2 is 1.53 bits per heavy atom. The zero-order chi connectivity index (χ0) is 22.7. The quantitative estimate of drug-likeness (QED) is 0.506. The highest BCUT2D eigenvalue weighted by molar-refractivity contribution is 7.89. The lowest BCUT2D eigenvalue weighted by molar-refractivity contribution is -0.131. The summed E-state index contributed by atoms with van der Waals surface area (Å²) in [4.78, 5) is 37.8. The van der Waals surface area contributed by atoms with E-state index in [-0.39, 0.29) is 29.2 Å². The Labute approximate surface area is 178 Å². The van der Waals surface area contributed by atoms with Crippen LogP contribution in [0.4, 0.5) is 0 Å². The van der Waals surface area contributed by atoms with E-state index in [1.54, 1.807) is 18.7 Å². The summed E-state index contributed by atoms with van der Waals surface area (Å²) >= 11 is 0. The molecule has 0 atom stereocenters. The van der Waals surface area contributed by atoms with Gasteiger partial charge in [0.1, 0.15) is 0 Å². The van der Waals surface area contributed by atoms with Gasteiger partial charge in [-0.2, -0.15) is 4.31 Å². The zero-order valence-electron chi connectivity index (χ0n) is 18.1. The summed E-state index contributed by atoms with van der Waals surface area (Å²) in [5.74, 6) is -1.06. The van der Waals surface area contributed by atoms with Crippen molar-refractivity contribution in [3.8, 4) is 0 Å². The molecule has 0 unspecified atom stereocenters. The lowest BCUT2D eigenvalue weighted by atomic mass is 10.2. The maximum Gasteiger partial charge on any atom is 0.269 e. The molecule has 0 fully saturated rings. The molecular formula is C20H32N4O5S. The molecule has 1 rings (SSSR count). The summed E-state index contributed by atoms with van der Waals surface area (Å²) < 4.78 is 26.5. The van der Waals surface area contributed by atoms with Crippen LogP contribution in [0.5, 0.6) is 0 Å². The number of hydrogen-bond donors (Lipinski definition) is 2. The van der Waals surface area contributed by atoms with Gasteiger partial charge in [-0.15, -0.1) is 0 Å². The third kappa shape index (κ3) is 7.10. The van der Waals surface area contributed by atoms with E-state index in [1.807, 2.05) is 13.8 Å². The van der Waals surface area contributed by atoms with Crippen LogP contribution in [0.25, 0.3) is 0 Å². The highest BCUT2D eigenvalue weighted by atomic mass is 32.2. The van der Waals surface area contributed by atoms with Crippen LogP contribution in [-0.4, -0.2) is 61.5 Å². The number of hydrogen-bond acceptors (Lipinski definition) is 5. The van der Waals surface area contributed by atoms with E-state index in [2.05, 4.69) is 10.9 Å². The Hall–Kier alpha value is -2.46. The summed E-state index contributed by atoms with van der Waals surface area (Å²) in [5.41, 5.74) is 4.68. The molecular weight excluding hydrogens is 408 g/mol. The fraction of sp³-hybridized carbons (Fsp3) is 0.550. The summed E-state index contributed by atoms with van der Waals surface area (Å²) in [6.45, 7) is 9.16. The van der Waals surface area contributed by atoms with E-state index in [0.29, 0.717) is 32.6 Å². The van der Waals surface area contributed by atoms with E-state index in [0.717, 1.165) is 0 Å². The first-order chi connectivity index (χ1) is 14.2. The van der Waals surface area contributed by atoms with Gasteiger partial charge in [0.15, 0.2) is 0 Å². The van der Waals surface area contributed by atoms with Crippen molar-refractivity contribution in [1.29, 1.82) is 0 Å². The lowest BCUT2D eigenvalue weighted by Gasteiger charge is -2.18. The maximum absolute atomic E-state index is 12.6. The van der Waals surface area contributed by atoms with Crippen molar-refractivity contribution in [1.82, 2.24) is 20.1 Å². The molecule has 0 aliphatic heterocycles. The monoisotopic (exact) mass is 440 g/mol. The van der Waals surface area contributed by atoms with Crippen molar-refractivity contribution in [2.75, 3.05) is 26.2 Å². The molecule has 0 aromatic heterocycles. The maximum atomic E-state index is 12.6. The average Bonchev–Trinajstić information content (AvgIpc) is 2.73. The van der Waals surface area contributed by atoms with E-state index < -0.39 is 21.8 Å². The molecule has 2 N–H and O–H groups in total. The second kappa shape index (κ2) is 12.3. The first kappa shape index (κ1) is 25.6. The third-order valence-electron chi connectivity index (χ3n) is 4.67. The predicted octanol–water partition coefficient (Wildman–Crippen LogP) is 1.52. The van der Waals surface area contributed by atoms with Gasteiger partial charge >= 0.3 is 0 Å². The number of hydrazine groups is 1. The first-order valence-corrected chi connectivity index (χ1v) is 11.6. The first-order valence-electron chi connectivity index (χ1n) is 10.2. The van der Waals surface area contributed by atoms with Crippen molar-refractivity contribution >= 4 is 27.7 Å². The molecule has 0 spiro atoms. The molecule has 30 heavy (non-hydrogen) atoms. The van der Waals surface area contributed by atoms with Gasteiger partial charge in [-0.05, 0) is 38.5 Å². The number of nitrogens with zero attached hydrogens (tertiary/aromatic N) is 2. The van der Waals surface area contributed by atoms with E-state index >= 15 is 0 Å². The van der Waals surface area contributed by atoms with Crippen LogP contribution in [0.15, 0.2) is 29.2 Å². The topological polar surface area (TPSA) is 116 Å². The van der Waals surface area contributed by atoms with Gasteiger partial charge < -0.3 is 4.90 Å². The van der Waals surface area contributed by atoms with Gasteiger partial charge in [0.05, 0.1) is 4.90 Å². The van der Waals surface area contributed by atoms with E-state index in [1.165, 1.54) is 28.6 Å². The Balaban J connectivity index is 2.62. The Kier molecular flexibility index (Phi) is 10.5. The minimum absolute atomic E-state index is 0.0111. The predicted molar refractivity (Wildman–Crippen MR) is 114 cm³/mol. The molecule has 1 aromatic carbocycles. The number of sulfonamides is 1. The summed E-state index contributed by atoms with van der Waals surface area (Å²) in [6.07, 6.45) is 0.715. The minimum Gasteiger partial charge on any atom is -0.343 e. The molecule has 0 heterocycles. The fourth-order valence-corrected chi connectivity index (χ4v) is 4.41. The molecule has 10 heteroatoms. The molecule has 0 bridgehead atoms. The SMILES string of the molecule is CCN(CC)C(=O)CCCC(=O)NNC(=O)c1cccc(S(=O)(=O)N(CC)CC)c1. The molecule has 0 aliphatic rings. The fourth-order valence-electron chi connectivity index (χ4n) is 2.91. The van der Waals surface area contributed by atoms with Crippen LogP contribution in [0, 0.1) is 0 Å². The van der Waals surface area contributed by atoms with Gasteiger partial charge in [-0.25, -0.2) is 8.42 Å². The highest BCUT2D eigenvalue weighted by Gasteiger charge is 2.22. The summed E-state index contributed by atoms with van der Waals surface area (Å²) in [7, 11) is -3.69. The molecule has 9 nitrogen and oxygen atoms in total. The second-order valence-electron chi connectivity index (χ2n) is 6.54. The molecule has 0 saturated carbocycles. The van der Waals surface area contributed by atoms with Crippen molar-refractivity contribution in [3.05, 3.63) is 29.8 Å². The standard InChI is InChI=1S/C20H32N4O5S/c1-5-23(6-2)19(26)14-10-13-18(25)21-22-20(27)16-11-9-12-17(15-16)30(28,29)24(7-3)8-4/h9,11-12,15H,5-8,10,13-14H2,1-4H3,(H,21,25)(H,22,27). The second-order valence-corrected chi connectivity index (χ2v) is 8.48. The van der Waals surface area contributed by atoms with Crippen LogP contribution in [0.2, 0.25) is 0 Å². The normalized spacial score (nSPS) is 11.2. The number of benzene rings is 1. The van der Waals surface area contributed by atoms with Crippen molar-refractivity contribution in [2.24, 2.45) is 0 Å². The minimum atomic E-state index is -3.69. The zero-order valence-corrected chi connectivity index (χ0v) is 18.9. The highest BCUT2D eigenvalue weighted by Crippen LogP contribution is 2.16. The molecule has 0 aliphatic carbocycles. The van der Waals surface area contributed by atoms with E-state index in [4.69, 9.17) is 0 Å². The molecule has 0 saturated heterocycles. The van der Waals surface area contributed by atoms with Crippen molar-refractivity contribution in [2.45, 2.75) is 51.9 Å². The van der Waals surface area contributed by atoms with Crippen molar-refractivity contribution in [3.63, 3.8) is 0 Å². The van der Waals surface area contributed by atoms with Crippen LogP contribution in [0.3, 0.4) is 0 Å². The van der Waals surface area contributed by atoms with Gasteiger partial charge in [0.25, 0.3) is 5.91 Å². The van der Waals surface area contributed by atoms with Gasteiger partial charge in [0, 0.05) is 44.6 Å². The lowest BCUT2D eigenvalue weighted by Crippen LogP contribution is -2.41. The third-order valence-corrected chi connectivity index (χ3v) is 6.71. The summed E-state index contributed by atoms with van der Waals surface area (Å²) in [5, 5.41) is 0. The van der Waals surface area contributed by atoms with Gasteiger partial charge in [-0.3, -0.25) is 25.2 Å². The van der Waals surface area contributed by atoms with Gasteiger partial charge in [0.2, 0.25) is 21.8 Å². The van der Waals surface area contributed by atoms with Crippen molar-refractivity contribution < 1.29 is 22.8 Å². The largest absolute Gasteiger partial charge is 0.343 e. The van der Waals surface area contributed by atoms with Crippen LogP contribution >= 0.6 is 0 Å². The number of rotatable bonds is 11. The molecule has 168 valence electrons. The number of amides is 3. The molecule has 3 amide bonds. The Morgan fingerprint density at radius 3 is 2.10 bits per heavy atom. The molecule has 0 radical (unpaired) electrons. The van der Waals surface area contributed by atoms with Crippen LogP contribution in [-0.2, 0) is 19.6 Å². The summed E-state index contributed by atoms with van der Waals surface area (Å²) in [6, 6.07) is 5.64. The van der Waals surface area contributed by atoms with Crippen LogP contribution in [0.1, 0.15) is 57.3 Å². The number of carbonyl (C=O) groups is 3. The van der Waals surface area contributed by atoms with E-state index in [9.17, 15) is 22.8 Å².